The van der Waals surface area contributed by atoms with Gasteiger partial charge in [-0.2, -0.15) is 0 Å². The van der Waals surface area contributed by atoms with E-state index in [1.165, 1.54) is 61.2 Å². The summed E-state index contributed by atoms with van der Waals surface area (Å²) >= 11 is 0. The van der Waals surface area contributed by atoms with E-state index in [0.29, 0.717) is 0 Å². The lowest BCUT2D eigenvalue weighted by molar-refractivity contribution is 0.577. The first-order valence-electron chi connectivity index (χ1n) is 19.7. The van der Waals surface area contributed by atoms with Crippen molar-refractivity contribution >= 4 is 11.3 Å². The second kappa shape index (κ2) is 15.2. The van der Waals surface area contributed by atoms with Crippen LogP contribution in [0.2, 0.25) is 0 Å². The zero-order valence-electron chi connectivity index (χ0n) is 31.5. The molecule has 0 aromatic heterocycles. The summed E-state index contributed by atoms with van der Waals surface area (Å²) in [7, 11) is 0. The topological polar surface area (TPSA) is 26.0 Å². The molecule has 10 rings (SSSR count). The zero-order valence-corrected chi connectivity index (χ0v) is 31.5. The summed E-state index contributed by atoms with van der Waals surface area (Å²) in [5.74, 6) is 0. The molecule has 266 valence electrons. The fourth-order valence-corrected chi connectivity index (χ4v) is 9.72. The lowest BCUT2D eigenvalue weighted by Crippen LogP contribution is -2.45. The van der Waals surface area contributed by atoms with Gasteiger partial charge in [-0.1, -0.05) is 195 Å². The highest BCUT2D eigenvalue weighted by molar-refractivity contribution is 5.94. The SMILES string of the molecule is C1=CCCC(C2(c3ccccc3)c3ccccc3C3(C4=C(C=CCC4)c4c(Cc5ccccc5)cccc43)c3ccccc32)=C1.CC.Nc1ccccc1. The smallest absolute Gasteiger partial charge is 0.0683 e. The Morgan fingerprint density at radius 1 is 0.519 bits per heavy atom. The van der Waals surface area contributed by atoms with E-state index in [0.717, 1.165) is 37.8 Å². The van der Waals surface area contributed by atoms with Crippen molar-refractivity contribution in [2.24, 2.45) is 0 Å². The van der Waals surface area contributed by atoms with Gasteiger partial charge in [0.1, 0.15) is 0 Å². The number of benzene rings is 6. The number of nitrogens with two attached hydrogens (primary N) is 1. The molecule has 0 atom stereocenters. The van der Waals surface area contributed by atoms with Crippen molar-refractivity contribution < 1.29 is 0 Å². The molecule has 1 heteroatoms. The third kappa shape index (κ3) is 5.62. The Labute approximate surface area is 321 Å². The first-order valence-corrected chi connectivity index (χ1v) is 19.7. The fraction of sp³-hybridized carbons (Fsp3) is 0.170. The predicted octanol–water partition coefficient (Wildman–Crippen LogP) is 12.9. The van der Waals surface area contributed by atoms with Gasteiger partial charge in [-0.15, -0.1) is 0 Å². The number of fused-ring (bicyclic) bond motifs is 8. The number of allylic oxidation sites excluding steroid dienone is 8. The highest BCUT2D eigenvalue weighted by Crippen LogP contribution is 2.65. The van der Waals surface area contributed by atoms with E-state index in [2.05, 4.69) is 158 Å². The molecule has 2 N–H and O–H groups in total. The molecule has 1 spiro atoms. The molecule has 0 saturated heterocycles. The normalized spacial score (nSPS) is 19.9. The molecule has 0 amide bonds. The summed E-state index contributed by atoms with van der Waals surface area (Å²) in [4.78, 5) is 0. The lowest BCUT2D eigenvalue weighted by Gasteiger charge is -2.51. The van der Waals surface area contributed by atoms with Crippen LogP contribution in [0.5, 0.6) is 0 Å². The predicted molar refractivity (Wildman–Crippen MR) is 229 cm³/mol. The van der Waals surface area contributed by atoms with Gasteiger partial charge in [-0.3, -0.25) is 0 Å². The van der Waals surface area contributed by atoms with E-state index < -0.39 is 0 Å². The number of nitrogen functional groups attached to an aromatic ring is 1. The summed E-state index contributed by atoms with van der Waals surface area (Å²) in [5.41, 5.74) is 22.8. The van der Waals surface area contributed by atoms with Crippen LogP contribution in [-0.4, -0.2) is 0 Å². The van der Waals surface area contributed by atoms with Crippen molar-refractivity contribution in [1.82, 2.24) is 0 Å². The van der Waals surface area contributed by atoms with Gasteiger partial charge >= 0.3 is 0 Å². The number of anilines is 1. The van der Waals surface area contributed by atoms with Crippen LogP contribution >= 0.6 is 0 Å². The third-order valence-electron chi connectivity index (χ3n) is 11.7. The molecule has 0 fully saturated rings. The van der Waals surface area contributed by atoms with Crippen LogP contribution in [0, 0.1) is 0 Å². The molecule has 6 aromatic rings. The molecule has 6 aromatic carbocycles. The molecular formula is C53H49N. The Hall–Kier alpha value is -5.92. The lowest BCUT2D eigenvalue weighted by atomic mass is 9.50. The number of hydrogen-bond donors (Lipinski definition) is 1. The van der Waals surface area contributed by atoms with E-state index in [1.54, 1.807) is 5.57 Å². The maximum Gasteiger partial charge on any atom is 0.0683 e. The summed E-state index contributed by atoms with van der Waals surface area (Å²) in [6.07, 6.45) is 17.1. The summed E-state index contributed by atoms with van der Waals surface area (Å²) in [6, 6.07) is 57.8. The van der Waals surface area contributed by atoms with Crippen LogP contribution in [0.1, 0.15) is 89.6 Å². The van der Waals surface area contributed by atoms with Crippen molar-refractivity contribution in [2.75, 3.05) is 5.73 Å². The Morgan fingerprint density at radius 2 is 1.06 bits per heavy atom. The van der Waals surface area contributed by atoms with Gasteiger partial charge in [0, 0.05) is 5.69 Å². The van der Waals surface area contributed by atoms with Crippen LogP contribution in [0.3, 0.4) is 0 Å². The molecule has 1 nitrogen and oxygen atoms in total. The van der Waals surface area contributed by atoms with Crippen LogP contribution in [-0.2, 0) is 17.3 Å². The molecular weight excluding hydrogens is 651 g/mol. The minimum Gasteiger partial charge on any atom is -0.399 e. The van der Waals surface area contributed by atoms with Crippen molar-refractivity contribution in [3.05, 3.63) is 249 Å². The van der Waals surface area contributed by atoms with Crippen LogP contribution < -0.4 is 5.73 Å². The molecule has 0 unspecified atom stereocenters. The van der Waals surface area contributed by atoms with Crippen molar-refractivity contribution in [2.45, 2.75) is 56.8 Å². The number of rotatable bonds is 4. The minimum atomic E-state index is -0.361. The van der Waals surface area contributed by atoms with E-state index in [4.69, 9.17) is 5.73 Å². The standard InChI is InChI=1S/C45H36.C6H7N.C2H6/c1-4-17-32(18-5-1)31-33-19-16-30-42-43(33)36-24-10-11-25-37(36)45(42)40-28-14-12-26-38(40)44(34-20-6-2-7-21-34,35-22-8-3-9-23-35)39-27-13-15-29-41(39)45;7-6-4-2-1-3-5-6;1-2/h1-8,10,12-22,24,26-30H,9,11,23,25,31H2;1-5H,7H2;1-2H3. The molecule has 0 radical (unpaired) electrons. The van der Waals surface area contributed by atoms with Gasteiger partial charge in [0.2, 0.25) is 0 Å². The molecule has 0 saturated carbocycles. The molecule has 54 heavy (non-hydrogen) atoms. The van der Waals surface area contributed by atoms with Crippen molar-refractivity contribution in [3.63, 3.8) is 0 Å². The van der Waals surface area contributed by atoms with Gasteiger partial charge in [0.25, 0.3) is 0 Å². The quantitative estimate of drug-likeness (QED) is 0.182. The maximum absolute atomic E-state index is 5.36. The Balaban J connectivity index is 0.000000411. The molecule has 4 aliphatic rings. The molecule has 0 heterocycles. The first-order chi connectivity index (χ1) is 26.7. The Morgan fingerprint density at radius 3 is 1.63 bits per heavy atom. The first kappa shape index (κ1) is 35.1. The summed E-state index contributed by atoms with van der Waals surface area (Å²) < 4.78 is 0. The largest absolute Gasteiger partial charge is 0.399 e. The van der Waals surface area contributed by atoms with Crippen molar-refractivity contribution in [3.8, 4) is 0 Å². The van der Waals surface area contributed by atoms with E-state index in [-0.39, 0.29) is 10.8 Å². The highest BCUT2D eigenvalue weighted by Gasteiger charge is 2.57. The van der Waals surface area contributed by atoms with Crippen molar-refractivity contribution in [1.29, 1.82) is 0 Å². The highest BCUT2D eigenvalue weighted by atomic mass is 14.6. The molecule has 0 aliphatic heterocycles. The van der Waals surface area contributed by atoms with E-state index in [9.17, 15) is 0 Å². The molecule has 0 bridgehead atoms. The van der Waals surface area contributed by atoms with Crippen LogP contribution in [0.4, 0.5) is 5.69 Å². The monoisotopic (exact) mass is 699 g/mol. The van der Waals surface area contributed by atoms with E-state index in [1.807, 2.05) is 44.2 Å². The third-order valence-corrected chi connectivity index (χ3v) is 11.7. The van der Waals surface area contributed by atoms with Gasteiger partial charge in [0.15, 0.2) is 0 Å². The maximum atomic E-state index is 5.36. The van der Waals surface area contributed by atoms with Gasteiger partial charge in [-0.05, 0) is 105 Å². The number of hydrogen-bond acceptors (Lipinski definition) is 1. The van der Waals surface area contributed by atoms with Crippen LogP contribution in [0.25, 0.3) is 5.57 Å². The van der Waals surface area contributed by atoms with Crippen LogP contribution in [0.15, 0.2) is 199 Å². The molecule has 4 aliphatic carbocycles. The Kier molecular flexibility index (Phi) is 9.89. The van der Waals surface area contributed by atoms with Gasteiger partial charge < -0.3 is 5.73 Å². The number of para-hydroxylation sites is 1. The minimum absolute atomic E-state index is 0.335. The zero-order chi connectivity index (χ0) is 37.0. The summed E-state index contributed by atoms with van der Waals surface area (Å²) in [5, 5.41) is 0. The second-order valence-electron chi connectivity index (χ2n) is 14.4. The fourth-order valence-electron chi connectivity index (χ4n) is 9.72. The van der Waals surface area contributed by atoms with E-state index >= 15 is 0 Å². The van der Waals surface area contributed by atoms with Gasteiger partial charge in [0.05, 0.1) is 10.8 Å². The Bertz CT molecular complexity index is 2330. The van der Waals surface area contributed by atoms with Gasteiger partial charge in [-0.25, -0.2) is 0 Å². The average Bonchev–Trinajstić information content (AvgIpc) is 3.55. The summed E-state index contributed by atoms with van der Waals surface area (Å²) in [6.45, 7) is 4.00. The second-order valence-corrected chi connectivity index (χ2v) is 14.4. The average molecular weight is 700 g/mol.